The Morgan fingerprint density at radius 3 is 2.60 bits per heavy atom. The minimum Gasteiger partial charge on any atom is -0.483 e. The van der Waals surface area contributed by atoms with E-state index in [0.717, 1.165) is 44.7 Å². The first-order valence-corrected chi connectivity index (χ1v) is 8.68. The summed E-state index contributed by atoms with van der Waals surface area (Å²) in [5.41, 5.74) is 0.746. The van der Waals surface area contributed by atoms with Crippen molar-refractivity contribution in [3.63, 3.8) is 0 Å². The van der Waals surface area contributed by atoms with Crippen LogP contribution in [0.25, 0.3) is 0 Å². The van der Waals surface area contributed by atoms with Crippen molar-refractivity contribution in [2.24, 2.45) is 5.41 Å². The van der Waals surface area contributed by atoms with Crippen LogP contribution in [-0.4, -0.2) is 74.7 Å². The van der Waals surface area contributed by atoms with Crippen LogP contribution in [0.2, 0.25) is 0 Å². The number of amides is 1. The van der Waals surface area contributed by atoms with Crippen molar-refractivity contribution in [1.82, 2.24) is 19.4 Å². The molecule has 2 N–H and O–H groups in total. The van der Waals surface area contributed by atoms with Gasteiger partial charge in [-0.15, -0.1) is 0 Å². The SMILES string of the molecule is CCn1cnc(CN2CCC3(CC2)CC(O)CN(C)C3=O)c1.O=CO. The summed E-state index contributed by atoms with van der Waals surface area (Å²) in [6.45, 7) is 5.90. The second-order valence-corrected chi connectivity index (χ2v) is 6.90. The highest BCUT2D eigenvalue weighted by molar-refractivity contribution is 5.83. The van der Waals surface area contributed by atoms with E-state index in [4.69, 9.17) is 9.90 Å². The van der Waals surface area contributed by atoms with E-state index in [2.05, 4.69) is 27.6 Å². The van der Waals surface area contributed by atoms with Gasteiger partial charge >= 0.3 is 0 Å². The van der Waals surface area contributed by atoms with Crippen molar-refractivity contribution in [3.8, 4) is 0 Å². The summed E-state index contributed by atoms with van der Waals surface area (Å²) >= 11 is 0. The largest absolute Gasteiger partial charge is 0.483 e. The van der Waals surface area contributed by atoms with E-state index in [1.165, 1.54) is 0 Å². The molecule has 1 spiro atoms. The zero-order valence-electron chi connectivity index (χ0n) is 15.0. The fourth-order valence-corrected chi connectivity index (χ4v) is 3.85. The number of imidazole rings is 1. The molecule has 25 heavy (non-hydrogen) atoms. The average molecular weight is 352 g/mol. The van der Waals surface area contributed by atoms with Crippen molar-refractivity contribution in [3.05, 3.63) is 18.2 Å². The number of β-amino-alcohol motifs (C(OH)–C–C–N with tert-alkyl or cyclic N) is 1. The van der Waals surface area contributed by atoms with E-state index in [1.807, 2.05) is 6.33 Å². The third-order valence-corrected chi connectivity index (χ3v) is 5.16. The standard InChI is InChI=1S/C16H26N4O2.CH2O2/c1-3-19-9-13(17-12-19)10-20-6-4-16(5-7-20)8-14(21)11-18(2)15(16)22;2-1-3/h9,12,14,21H,3-8,10-11H2,1-2H3;1H,(H,2,3). The molecule has 2 saturated heterocycles. The Labute approximate surface area is 148 Å². The van der Waals surface area contributed by atoms with Crippen molar-refractivity contribution in [1.29, 1.82) is 0 Å². The van der Waals surface area contributed by atoms with E-state index >= 15 is 0 Å². The second-order valence-electron chi connectivity index (χ2n) is 6.90. The summed E-state index contributed by atoms with van der Waals surface area (Å²) < 4.78 is 2.08. The predicted octanol–water partition coefficient (Wildman–Crippen LogP) is 0.409. The summed E-state index contributed by atoms with van der Waals surface area (Å²) in [5, 5.41) is 16.9. The van der Waals surface area contributed by atoms with Gasteiger partial charge in [-0.05, 0) is 39.3 Å². The Hall–Kier alpha value is -1.93. The average Bonchev–Trinajstić information content (AvgIpc) is 3.03. The monoisotopic (exact) mass is 352 g/mol. The zero-order chi connectivity index (χ0) is 18.4. The number of hydrogen-bond acceptors (Lipinski definition) is 5. The molecule has 1 aromatic rings. The maximum atomic E-state index is 12.5. The Morgan fingerprint density at radius 2 is 2.04 bits per heavy atom. The number of rotatable bonds is 3. The van der Waals surface area contributed by atoms with Crippen LogP contribution >= 0.6 is 0 Å². The number of aryl methyl sites for hydroxylation is 1. The van der Waals surface area contributed by atoms with Gasteiger partial charge in [-0.3, -0.25) is 14.5 Å². The van der Waals surface area contributed by atoms with Gasteiger partial charge in [0.05, 0.1) is 23.5 Å². The van der Waals surface area contributed by atoms with E-state index in [0.29, 0.717) is 13.0 Å². The van der Waals surface area contributed by atoms with Crippen molar-refractivity contribution < 1.29 is 19.8 Å². The minimum absolute atomic E-state index is 0.215. The zero-order valence-corrected chi connectivity index (χ0v) is 15.0. The smallest absolute Gasteiger partial charge is 0.290 e. The molecule has 1 amide bonds. The predicted molar refractivity (Wildman–Crippen MR) is 91.8 cm³/mol. The van der Waals surface area contributed by atoms with Crippen LogP contribution in [0.1, 0.15) is 31.9 Å². The van der Waals surface area contributed by atoms with Gasteiger partial charge in [0.15, 0.2) is 0 Å². The van der Waals surface area contributed by atoms with E-state index < -0.39 is 0 Å². The molecule has 2 fully saturated rings. The minimum atomic E-state index is -0.380. The van der Waals surface area contributed by atoms with Crippen LogP contribution < -0.4 is 0 Å². The molecule has 3 rings (SSSR count). The first-order chi connectivity index (χ1) is 11.9. The van der Waals surface area contributed by atoms with Gasteiger partial charge in [0.2, 0.25) is 5.91 Å². The van der Waals surface area contributed by atoms with Crippen molar-refractivity contribution in [2.45, 2.75) is 45.4 Å². The molecule has 0 aliphatic carbocycles. The molecule has 8 nitrogen and oxygen atoms in total. The van der Waals surface area contributed by atoms with Gasteiger partial charge in [-0.2, -0.15) is 0 Å². The number of aromatic nitrogens is 2. The number of carboxylic acid groups (broad SMARTS) is 1. The summed E-state index contributed by atoms with van der Waals surface area (Å²) in [6, 6.07) is 0. The maximum Gasteiger partial charge on any atom is 0.290 e. The number of carbonyl (C=O) groups is 2. The number of likely N-dealkylation sites (tertiary alicyclic amines) is 2. The fourth-order valence-electron chi connectivity index (χ4n) is 3.85. The number of aliphatic hydroxyl groups is 1. The highest BCUT2D eigenvalue weighted by Gasteiger charge is 2.47. The number of carbonyl (C=O) groups excluding carboxylic acids is 1. The molecule has 1 aromatic heterocycles. The number of nitrogens with zero attached hydrogens (tertiary/aromatic N) is 4. The number of aliphatic hydroxyl groups excluding tert-OH is 1. The molecule has 2 aliphatic heterocycles. The maximum absolute atomic E-state index is 12.5. The summed E-state index contributed by atoms with van der Waals surface area (Å²) in [6.07, 6.45) is 5.87. The first-order valence-electron chi connectivity index (χ1n) is 8.68. The fraction of sp³-hybridized carbons (Fsp3) is 0.706. The lowest BCUT2D eigenvalue weighted by Crippen LogP contribution is -2.56. The van der Waals surface area contributed by atoms with Gasteiger partial charge in [-0.1, -0.05) is 0 Å². The highest BCUT2D eigenvalue weighted by atomic mass is 16.3. The quantitative estimate of drug-likeness (QED) is 0.765. The number of hydrogen-bond donors (Lipinski definition) is 2. The third-order valence-electron chi connectivity index (χ3n) is 5.16. The molecular formula is C17H28N4O4. The van der Waals surface area contributed by atoms with Gasteiger partial charge in [0, 0.05) is 32.9 Å². The molecule has 3 heterocycles. The van der Waals surface area contributed by atoms with Crippen LogP contribution in [0.5, 0.6) is 0 Å². The number of piperidine rings is 2. The Bertz CT molecular complexity index is 581. The number of likely N-dealkylation sites (N-methyl/N-ethyl adjacent to an activating group) is 1. The Morgan fingerprint density at radius 1 is 1.40 bits per heavy atom. The highest BCUT2D eigenvalue weighted by Crippen LogP contribution is 2.40. The molecule has 1 atom stereocenters. The summed E-state index contributed by atoms with van der Waals surface area (Å²) in [5.74, 6) is 0.215. The second kappa shape index (κ2) is 8.44. The lowest BCUT2D eigenvalue weighted by molar-refractivity contribution is -0.154. The topological polar surface area (TPSA) is 98.9 Å². The van der Waals surface area contributed by atoms with Gasteiger partial charge in [0.1, 0.15) is 0 Å². The van der Waals surface area contributed by atoms with Gasteiger partial charge in [-0.25, -0.2) is 4.98 Å². The van der Waals surface area contributed by atoms with Crippen molar-refractivity contribution >= 4 is 12.4 Å². The van der Waals surface area contributed by atoms with Crippen molar-refractivity contribution in [2.75, 3.05) is 26.7 Å². The van der Waals surface area contributed by atoms with Crippen LogP contribution in [0, 0.1) is 5.41 Å². The molecule has 8 heteroatoms. The lowest BCUT2D eigenvalue weighted by atomic mass is 9.71. The lowest BCUT2D eigenvalue weighted by Gasteiger charge is -2.46. The summed E-state index contributed by atoms with van der Waals surface area (Å²) in [4.78, 5) is 29.4. The molecule has 0 radical (unpaired) electrons. The van der Waals surface area contributed by atoms with Crippen LogP contribution in [0.15, 0.2) is 12.5 Å². The molecular weight excluding hydrogens is 324 g/mol. The van der Waals surface area contributed by atoms with Gasteiger partial charge < -0.3 is 19.7 Å². The molecule has 140 valence electrons. The molecule has 1 unspecified atom stereocenters. The molecule has 2 aliphatic rings. The van der Waals surface area contributed by atoms with Crippen LogP contribution in [-0.2, 0) is 22.7 Å². The molecule has 0 aromatic carbocycles. The first kappa shape index (κ1) is 19.4. The normalized spacial score (nSPS) is 23.2. The van der Waals surface area contributed by atoms with E-state index in [-0.39, 0.29) is 23.9 Å². The van der Waals surface area contributed by atoms with E-state index in [9.17, 15) is 9.90 Å². The Kier molecular flexibility index (Phi) is 6.55. The van der Waals surface area contributed by atoms with Gasteiger partial charge in [0.25, 0.3) is 6.47 Å². The third kappa shape index (κ3) is 4.58. The Balaban J connectivity index is 0.000000701. The summed E-state index contributed by atoms with van der Waals surface area (Å²) in [7, 11) is 1.80. The molecule has 0 bridgehead atoms. The van der Waals surface area contributed by atoms with Crippen LogP contribution in [0.4, 0.5) is 0 Å². The van der Waals surface area contributed by atoms with E-state index in [1.54, 1.807) is 11.9 Å². The molecule has 0 saturated carbocycles. The van der Waals surface area contributed by atoms with Crippen LogP contribution in [0.3, 0.4) is 0 Å².